The lowest BCUT2D eigenvalue weighted by Gasteiger charge is -2.13. The van der Waals surface area contributed by atoms with Gasteiger partial charge in [-0.2, -0.15) is 5.10 Å². The molecule has 1 aromatic carbocycles. The average Bonchev–Trinajstić information content (AvgIpc) is 2.66. The molecule has 0 aliphatic heterocycles. The summed E-state index contributed by atoms with van der Waals surface area (Å²) in [5, 5.41) is 9.06. The highest BCUT2D eigenvalue weighted by atomic mass is 16.5. The van der Waals surface area contributed by atoms with Gasteiger partial charge in [-0.25, -0.2) is 0 Å². The van der Waals surface area contributed by atoms with Gasteiger partial charge in [0.25, 0.3) is 0 Å². The topological polar surface area (TPSA) is 39.1 Å². The van der Waals surface area contributed by atoms with Crippen LogP contribution in [0.15, 0.2) is 24.3 Å². The van der Waals surface area contributed by atoms with Crippen molar-refractivity contribution < 1.29 is 4.74 Å². The Labute approximate surface area is 102 Å². The summed E-state index contributed by atoms with van der Waals surface area (Å²) in [7, 11) is 5.66. The maximum atomic E-state index is 5.19. The lowest BCUT2D eigenvalue weighted by molar-refractivity contribution is 0.169. The third-order valence-corrected chi connectivity index (χ3v) is 3.05. The molecule has 1 unspecified atom stereocenters. The second kappa shape index (κ2) is 5.29. The molecule has 0 amide bonds. The maximum Gasteiger partial charge on any atom is 0.0719 e. The third-order valence-electron chi connectivity index (χ3n) is 3.05. The maximum absolute atomic E-state index is 5.19. The number of hydrogen-bond acceptors (Lipinski definition) is 3. The molecular formula is C13H19N3O. The Morgan fingerprint density at radius 3 is 2.88 bits per heavy atom. The molecular weight excluding hydrogens is 214 g/mol. The lowest BCUT2D eigenvalue weighted by Crippen LogP contribution is -2.32. The van der Waals surface area contributed by atoms with Crippen molar-refractivity contribution in [2.24, 2.45) is 7.05 Å². The first kappa shape index (κ1) is 12.1. The van der Waals surface area contributed by atoms with Crippen molar-refractivity contribution in [3.63, 3.8) is 0 Å². The number of nitrogens with zero attached hydrogens (tertiary/aromatic N) is 2. The molecule has 0 aliphatic rings. The highest BCUT2D eigenvalue weighted by Gasteiger charge is 2.13. The van der Waals surface area contributed by atoms with Crippen LogP contribution in [0, 0.1) is 0 Å². The second-order valence-corrected chi connectivity index (χ2v) is 4.23. The Morgan fingerprint density at radius 1 is 1.41 bits per heavy atom. The van der Waals surface area contributed by atoms with Gasteiger partial charge < -0.3 is 10.1 Å². The van der Waals surface area contributed by atoms with E-state index in [1.807, 2.05) is 24.8 Å². The van der Waals surface area contributed by atoms with E-state index in [1.54, 1.807) is 7.11 Å². The molecule has 0 aliphatic carbocycles. The van der Waals surface area contributed by atoms with E-state index in [4.69, 9.17) is 4.74 Å². The molecule has 17 heavy (non-hydrogen) atoms. The molecule has 0 fully saturated rings. The summed E-state index contributed by atoms with van der Waals surface area (Å²) >= 11 is 0. The fourth-order valence-electron chi connectivity index (χ4n) is 2.12. The van der Waals surface area contributed by atoms with Gasteiger partial charge in [0.05, 0.1) is 17.8 Å². The molecule has 0 radical (unpaired) electrons. The minimum absolute atomic E-state index is 0.304. The van der Waals surface area contributed by atoms with Crippen LogP contribution in [0.5, 0.6) is 0 Å². The van der Waals surface area contributed by atoms with Crippen LogP contribution in [0.3, 0.4) is 0 Å². The number of hydrogen-bond donors (Lipinski definition) is 1. The van der Waals surface area contributed by atoms with Crippen molar-refractivity contribution in [1.29, 1.82) is 0 Å². The molecule has 1 N–H and O–H groups in total. The monoisotopic (exact) mass is 233 g/mol. The van der Waals surface area contributed by atoms with Gasteiger partial charge >= 0.3 is 0 Å². The van der Waals surface area contributed by atoms with Crippen LogP contribution in [-0.2, 0) is 18.2 Å². The van der Waals surface area contributed by atoms with Gasteiger partial charge in [0.1, 0.15) is 0 Å². The molecule has 1 aromatic heterocycles. The van der Waals surface area contributed by atoms with Crippen molar-refractivity contribution in [2.75, 3.05) is 20.8 Å². The van der Waals surface area contributed by atoms with Crippen molar-refractivity contribution in [1.82, 2.24) is 15.1 Å². The zero-order chi connectivity index (χ0) is 12.3. The molecule has 2 rings (SSSR count). The van der Waals surface area contributed by atoms with Crippen molar-refractivity contribution >= 4 is 10.9 Å². The van der Waals surface area contributed by atoms with Gasteiger partial charge in [-0.3, -0.25) is 4.68 Å². The van der Waals surface area contributed by atoms with Crippen LogP contribution < -0.4 is 5.32 Å². The van der Waals surface area contributed by atoms with Crippen molar-refractivity contribution in [3.05, 3.63) is 30.0 Å². The number of rotatable bonds is 5. The molecule has 1 heterocycles. The third kappa shape index (κ3) is 2.48. The summed E-state index contributed by atoms with van der Waals surface area (Å²) < 4.78 is 7.12. The quantitative estimate of drug-likeness (QED) is 0.847. The van der Waals surface area contributed by atoms with E-state index in [0.717, 1.165) is 12.1 Å². The standard InChI is InChI=1S/C13H19N3O/c1-14-10(9-17-3)8-12-11-6-4-5-7-13(11)16(2)15-12/h4-7,10,14H,8-9H2,1-3H3. The Morgan fingerprint density at radius 2 is 2.18 bits per heavy atom. The van der Waals surface area contributed by atoms with Gasteiger partial charge in [-0.05, 0) is 13.1 Å². The van der Waals surface area contributed by atoms with Gasteiger partial charge in [0, 0.05) is 32.0 Å². The molecule has 0 saturated heterocycles. The highest BCUT2D eigenvalue weighted by Crippen LogP contribution is 2.18. The Kier molecular flexibility index (Phi) is 3.76. The molecule has 0 bridgehead atoms. The lowest BCUT2D eigenvalue weighted by atomic mass is 10.1. The van der Waals surface area contributed by atoms with Crippen LogP contribution in [-0.4, -0.2) is 36.6 Å². The van der Waals surface area contributed by atoms with E-state index >= 15 is 0 Å². The Hall–Kier alpha value is -1.39. The molecule has 2 aromatic rings. The zero-order valence-corrected chi connectivity index (χ0v) is 10.6. The summed E-state index contributed by atoms with van der Waals surface area (Å²) in [4.78, 5) is 0. The molecule has 4 heteroatoms. The van der Waals surface area contributed by atoms with E-state index in [2.05, 4.69) is 28.6 Å². The first-order valence-electron chi connectivity index (χ1n) is 5.83. The first-order chi connectivity index (χ1) is 8.26. The Balaban J connectivity index is 2.29. The highest BCUT2D eigenvalue weighted by molar-refractivity contribution is 5.81. The normalized spacial score (nSPS) is 13.1. The Bertz CT molecular complexity index is 492. The predicted molar refractivity (Wildman–Crippen MR) is 69.1 cm³/mol. The summed E-state index contributed by atoms with van der Waals surface area (Å²) in [6.45, 7) is 0.696. The second-order valence-electron chi connectivity index (χ2n) is 4.23. The largest absolute Gasteiger partial charge is 0.383 e. The van der Waals surface area contributed by atoms with Crippen molar-refractivity contribution in [3.8, 4) is 0 Å². The summed E-state index contributed by atoms with van der Waals surface area (Å²) in [5.74, 6) is 0. The molecule has 4 nitrogen and oxygen atoms in total. The van der Waals surface area contributed by atoms with Gasteiger partial charge in [0.15, 0.2) is 0 Å². The summed E-state index contributed by atoms with van der Waals surface area (Å²) in [6, 6.07) is 8.61. The minimum Gasteiger partial charge on any atom is -0.383 e. The van der Waals surface area contributed by atoms with Crippen LogP contribution >= 0.6 is 0 Å². The number of likely N-dealkylation sites (N-methyl/N-ethyl adjacent to an activating group) is 1. The number of para-hydroxylation sites is 1. The SMILES string of the molecule is CNC(COC)Cc1nn(C)c2ccccc12. The number of benzene rings is 1. The average molecular weight is 233 g/mol. The molecule has 1 atom stereocenters. The van der Waals surface area contributed by atoms with E-state index in [-0.39, 0.29) is 0 Å². The van der Waals surface area contributed by atoms with E-state index < -0.39 is 0 Å². The van der Waals surface area contributed by atoms with Gasteiger partial charge in [-0.15, -0.1) is 0 Å². The smallest absolute Gasteiger partial charge is 0.0719 e. The number of methoxy groups -OCH3 is 1. The number of nitrogens with one attached hydrogen (secondary N) is 1. The van der Waals surface area contributed by atoms with Crippen LogP contribution in [0.2, 0.25) is 0 Å². The molecule has 0 spiro atoms. The number of fused-ring (bicyclic) bond motifs is 1. The van der Waals surface area contributed by atoms with E-state index in [1.165, 1.54) is 10.9 Å². The van der Waals surface area contributed by atoms with Gasteiger partial charge in [0.2, 0.25) is 0 Å². The molecule has 92 valence electrons. The summed E-state index contributed by atoms with van der Waals surface area (Å²) in [6.07, 6.45) is 0.881. The fraction of sp³-hybridized carbons (Fsp3) is 0.462. The fourth-order valence-corrected chi connectivity index (χ4v) is 2.12. The van der Waals surface area contributed by atoms with Crippen LogP contribution in [0.4, 0.5) is 0 Å². The van der Waals surface area contributed by atoms with E-state index in [9.17, 15) is 0 Å². The van der Waals surface area contributed by atoms with Crippen LogP contribution in [0.25, 0.3) is 10.9 Å². The zero-order valence-electron chi connectivity index (χ0n) is 10.6. The van der Waals surface area contributed by atoms with Crippen LogP contribution in [0.1, 0.15) is 5.69 Å². The molecule has 0 saturated carbocycles. The predicted octanol–water partition coefficient (Wildman–Crippen LogP) is 1.35. The summed E-state index contributed by atoms with van der Waals surface area (Å²) in [5.41, 5.74) is 2.30. The number of aromatic nitrogens is 2. The first-order valence-corrected chi connectivity index (χ1v) is 5.83. The van der Waals surface area contributed by atoms with Crippen molar-refractivity contribution in [2.45, 2.75) is 12.5 Å². The number of ether oxygens (including phenoxy) is 1. The van der Waals surface area contributed by atoms with Gasteiger partial charge in [-0.1, -0.05) is 18.2 Å². The minimum atomic E-state index is 0.304. The number of aryl methyl sites for hydroxylation is 1. The van der Waals surface area contributed by atoms with E-state index in [0.29, 0.717) is 12.6 Å².